The molecule has 7 heteroatoms. The minimum Gasteiger partial charge on any atom is -0.370 e. The van der Waals surface area contributed by atoms with E-state index in [4.69, 9.17) is 11.5 Å². The molecule has 0 bridgehead atoms. The molecule has 15 heavy (non-hydrogen) atoms. The number of nitrogens with zero attached hydrogens (tertiary/aromatic N) is 3. The number of nitrogens with two attached hydrogens (primary N) is 2. The lowest BCUT2D eigenvalue weighted by molar-refractivity contribution is 1.25. The van der Waals surface area contributed by atoms with E-state index in [0.29, 0.717) is 5.13 Å². The van der Waals surface area contributed by atoms with E-state index in [1.54, 1.807) is 6.33 Å². The average Bonchev–Trinajstić information content (AvgIpc) is 2.72. The number of rotatable bonds is 2. The molecule has 0 spiro atoms. The Bertz CT molecular complexity index is 493. The minimum absolute atomic E-state index is 0.00893. The van der Waals surface area contributed by atoms with Crippen LogP contribution < -0.4 is 11.5 Å². The molecule has 0 radical (unpaired) electrons. The van der Waals surface area contributed by atoms with Crippen LogP contribution in [0.4, 0.5) is 5.13 Å². The molecule has 2 aromatic heterocycles. The number of H-pyrrole nitrogens is 1. The van der Waals surface area contributed by atoms with Gasteiger partial charge in [0.15, 0.2) is 5.96 Å². The average molecular weight is 222 g/mol. The van der Waals surface area contributed by atoms with Crippen LogP contribution >= 0.6 is 11.3 Å². The van der Waals surface area contributed by atoms with Gasteiger partial charge in [0.2, 0.25) is 5.13 Å². The van der Waals surface area contributed by atoms with Crippen LogP contribution in [-0.4, -0.2) is 20.9 Å². The lowest BCUT2D eigenvalue weighted by atomic mass is 10.3. The maximum atomic E-state index is 5.25. The second-order valence-corrected chi connectivity index (χ2v) is 3.76. The fourth-order valence-corrected chi connectivity index (χ4v) is 1.84. The standard InChI is InChI=1S/C8H10N6S/c1-4-6(12-3-11-4)5-2-15-8(13-5)14-7(9)10/h2-3H,1H3,(H,11,12)(H4,9,10,13,14). The molecule has 0 aliphatic carbocycles. The smallest absolute Gasteiger partial charge is 0.212 e. The summed E-state index contributed by atoms with van der Waals surface area (Å²) in [7, 11) is 0. The monoisotopic (exact) mass is 222 g/mol. The van der Waals surface area contributed by atoms with E-state index in [0.717, 1.165) is 17.1 Å². The van der Waals surface area contributed by atoms with Crippen molar-refractivity contribution in [1.82, 2.24) is 15.0 Å². The number of aryl methyl sites for hydroxylation is 1. The van der Waals surface area contributed by atoms with Gasteiger partial charge in [-0.2, -0.15) is 4.99 Å². The Morgan fingerprint density at radius 2 is 2.33 bits per heavy atom. The first-order chi connectivity index (χ1) is 7.16. The molecule has 0 unspecified atom stereocenters. The molecule has 6 nitrogen and oxygen atoms in total. The zero-order chi connectivity index (χ0) is 10.8. The number of hydrogen-bond acceptors (Lipinski definition) is 4. The van der Waals surface area contributed by atoms with Gasteiger partial charge in [0.1, 0.15) is 11.4 Å². The van der Waals surface area contributed by atoms with Gasteiger partial charge in [-0.05, 0) is 6.92 Å². The summed E-state index contributed by atoms with van der Waals surface area (Å²) in [5, 5.41) is 2.40. The zero-order valence-corrected chi connectivity index (χ0v) is 8.88. The van der Waals surface area contributed by atoms with Crippen molar-refractivity contribution in [3.63, 3.8) is 0 Å². The Morgan fingerprint density at radius 3 is 2.93 bits per heavy atom. The third-order valence-electron chi connectivity index (χ3n) is 1.79. The highest BCUT2D eigenvalue weighted by atomic mass is 32.1. The molecule has 0 fully saturated rings. The summed E-state index contributed by atoms with van der Waals surface area (Å²) in [6, 6.07) is 0. The summed E-state index contributed by atoms with van der Waals surface area (Å²) in [4.78, 5) is 15.2. The lowest BCUT2D eigenvalue weighted by Gasteiger charge is -1.90. The van der Waals surface area contributed by atoms with Crippen molar-refractivity contribution in [2.45, 2.75) is 6.92 Å². The second kappa shape index (κ2) is 3.70. The maximum absolute atomic E-state index is 5.25. The van der Waals surface area contributed by atoms with E-state index in [2.05, 4.69) is 19.9 Å². The van der Waals surface area contributed by atoms with E-state index in [9.17, 15) is 0 Å². The Labute approximate surface area is 90.1 Å². The fraction of sp³-hybridized carbons (Fsp3) is 0.125. The fourth-order valence-electron chi connectivity index (χ4n) is 1.15. The molecule has 0 saturated heterocycles. The maximum Gasteiger partial charge on any atom is 0.212 e. The summed E-state index contributed by atoms with van der Waals surface area (Å²) < 4.78 is 0. The number of imidazole rings is 1. The molecule has 78 valence electrons. The van der Waals surface area contributed by atoms with Crippen LogP contribution in [0.1, 0.15) is 5.69 Å². The third kappa shape index (κ3) is 1.96. The van der Waals surface area contributed by atoms with Gasteiger partial charge >= 0.3 is 0 Å². The van der Waals surface area contributed by atoms with Crippen molar-refractivity contribution >= 4 is 22.4 Å². The van der Waals surface area contributed by atoms with E-state index in [-0.39, 0.29) is 5.96 Å². The minimum atomic E-state index is 0.00893. The first-order valence-electron chi connectivity index (χ1n) is 4.22. The van der Waals surface area contributed by atoms with Gasteiger partial charge < -0.3 is 16.5 Å². The summed E-state index contributed by atoms with van der Waals surface area (Å²) in [6.07, 6.45) is 1.63. The van der Waals surface area contributed by atoms with Gasteiger partial charge in [-0.15, -0.1) is 11.3 Å². The third-order valence-corrected chi connectivity index (χ3v) is 2.52. The Hall–Kier alpha value is -1.89. The Balaban J connectivity index is 2.36. The lowest BCUT2D eigenvalue weighted by Crippen LogP contribution is -2.21. The number of aromatic amines is 1. The van der Waals surface area contributed by atoms with Gasteiger partial charge in [0.05, 0.1) is 6.33 Å². The number of aromatic nitrogens is 3. The number of hydrogen-bond donors (Lipinski definition) is 3. The largest absolute Gasteiger partial charge is 0.370 e. The summed E-state index contributed by atoms with van der Waals surface area (Å²) >= 11 is 1.37. The molecule has 5 N–H and O–H groups in total. The van der Waals surface area contributed by atoms with E-state index in [1.165, 1.54) is 11.3 Å². The Kier molecular flexibility index (Phi) is 2.38. The van der Waals surface area contributed by atoms with E-state index < -0.39 is 0 Å². The molecular weight excluding hydrogens is 212 g/mol. The quantitative estimate of drug-likeness (QED) is 0.514. The van der Waals surface area contributed by atoms with Crippen molar-refractivity contribution < 1.29 is 0 Å². The molecule has 0 aliphatic rings. The van der Waals surface area contributed by atoms with Crippen LogP contribution in [-0.2, 0) is 0 Å². The van der Waals surface area contributed by atoms with Crippen LogP contribution in [0.15, 0.2) is 16.7 Å². The van der Waals surface area contributed by atoms with Crippen molar-refractivity contribution in [2.75, 3.05) is 0 Å². The number of nitrogens with one attached hydrogen (secondary N) is 1. The normalized spacial score (nSPS) is 10.2. The first kappa shape index (κ1) is 9.66. The molecule has 0 atom stereocenters. The molecule has 2 heterocycles. The van der Waals surface area contributed by atoms with Crippen molar-refractivity contribution in [1.29, 1.82) is 0 Å². The molecular formula is C8H10N6S. The van der Waals surface area contributed by atoms with Crippen LogP contribution in [0.3, 0.4) is 0 Å². The highest BCUT2D eigenvalue weighted by Gasteiger charge is 2.08. The van der Waals surface area contributed by atoms with Crippen molar-refractivity contribution in [3.05, 3.63) is 17.4 Å². The van der Waals surface area contributed by atoms with Gasteiger partial charge in [-0.25, -0.2) is 9.97 Å². The molecule has 0 aliphatic heterocycles. The number of thiazole rings is 1. The number of aliphatic imine (C=N–C) groups is 1. The van der Waals surface area contributed by atoms with Crippen LogP contribution in [0.25, 0.3) is 11.4 Å². The molecule has 0 saturated carbocycles. The first-order valence-corrected chi connectivity index (χ1v) is 5.10. The van der Waals surface area contributed by atoms with Gasteiger partial charge in [-0.3, -0.25) is 0 Å². The number of guanidine groups is 1. The van der Waals surface area contributed by atoms with E-state index in [1.807, 2.05) is 12.3 Å². The zero-order valence-electron chi connectivity index (χ0n) is 8.06. The molecule has 2 aromatic rings. The van der Waals surface area contributed by atoms with Crippen molar-refractivity contribution in [3.8, 4) is 11.4 Å². The van der Waals surface area contributed by atoms with Crippen LogP contribution in [0.2, 0.25) is 0 Å². The van der Waals surface area contributed by atoms with Gasteiger partial charge in [-0.1, -0.05) is 0 Å². The second-order valence-electron chi connectivity index (χ2n) is 2.93. The van der Waals surface area contributed by atoms with Crippen LogP contribution in [0, 0.1) is 6.92 Å². The van der Waals surface area contributed by atoms with Crippen molar-refractivity contribution in [2.24, 2.45) is 16.5 Å². The summed E-state index contributed by atoms with van der Waals surface area (Å²) in [5.74, 6) is 0.00893. The highest BCUT2D eigenvalue weighted by Crippen LogP contribution is 2.26. The molecule has 0 amide bonds. The SMILES string of the molecule is Cc1[nH]cnc1-c1csc(N=C(N)N)n1. The van der Waals surface area contributed by atoms with E-state index >= 15 is 0 Å². The summed E-state index contributed by atoms with van der Waals surface area (Å²) in [5.41, 5.74) is 13.1. The molecule has 0 aromatic carbocycles. The highest BCUT2D eigenvalue weighted by molar-refractivity contribution is 7.13. The van der Waals surface area contributed by atoms with Gasteiger partial charge in [0.25, 0.3) is 0 Å². The predicted molar refractivity (Wildman–Crippen MR) is 59.9 cm³/mol. The summed E-state index contributed by atoms with van der Waals surface area (Å²) in [6.45, 7) is 1.93. The Morgan fingerprint density at radius 1 is 1.53 bits per heavy atom. The topological polar surface area (TPSA) is 106 Å². The van der Waals surface area contributed by atoms with Gasteiger partial charge in [0, 0.05) is 11.1 Å². The molecule has 2 rings (SSSR count). The predicted octanol–water partition coefficient (Wildman–Crippen LogP) is 0.747. The van der Waals surface area contributed by atoms with Crippen LogP contribution in [0.5, 0.6) is 0 Å².